The average Bonchev–Trinajstić information content (AvgIpc) is 2.82. The number of piperidine rings is 1. The summed E-state index contributed by atoms with van der Waals surface area (Å²) >= 11 is 0. The first-order valence-corrected chi connectivity index (χ1v) is 12.8. The van der Waals surface area contributed by atoms with Crippen LogP contribution in [0, 0.1) is 0 Å². The van der Waals surface area contributed by atoms with Crippen molar-refractivity contribution >= 4 is 32.5 Å². The molecule has 0 saturated carbocycles. The number of carbonyl (C=O) groups is 1. The molecule has 10 heteroatoms. The van der Waals surface area contributed by atoms with Crippen molar-refractivity contribution in [2.24, 2.45) is 0 Å². The zero-order valence-electron chi connectivity index (χ0n) is 19.2. The Morgan fingerprint density at radius 2 is 1.94 bits per heavy atom. The third-order valence-electron chi connectivity index (χ3n) is 5.93. The van der Waals surface area contributed by atoms with Gasteiger partial charge in [-0.3, -0.25) is 9.36 Å². The predicted octanol–water partition coefficient (Wildman–Crippen LogP) is 3.00. The molecule has 1 fully saturated rings. The summed E-state index contributed by atoms with van der Waals surface area (Å²) in [7, 11) is -3.67. The van der Waals surface area contributed by atoms with Crippen molar-refractivity contribution in [2.75, 3.05) is 18.5 Å². The molecule has 1 saturated heterocycles. The Morgan fingerprint density at radius 1 is 1.18 bits per heavy atom. The molecule has 180 valence electrons. The van der Waals surface area contributed by atoms with E-state index in [4.69, 9.17) is 4.74 Å². The number of benzene rings is 2. The Hall–Kier alpha value is -3.24. The van der Waals surface area contributed by atoms with Crippen LogP contribution in [0.3, 0.4) is 0 Å². The molecule has 2 aromatic carbocycles. The van der Waals surface area contributed by atoms with Crippen LogP contribution in [0.2, 0.25) is 0 Å². The number of aromatic nitrogens is 2. The SMILES string of the molecule is CCOc1ccc(NC(=O)Cn2c(=O)ncc3cc(S(=O)(=O)N4CCCC[C@H]4C)ccc32)cc1. The van der Waals surface area contributed by atoms with Gasteiger partial charge in [-0.15, -0.1) is 0 Å². The summed E-state index contributed by atoms with van der Waals surface area (Å²) in [6, 6.07) is 11.4. The summed E-state index contributed by atoms with van der Waals surface area (Å²) in [4.78, 5) is 29.1. The summed E-state index contributed by atoms with van der Waals surface area (Å²) in [5.74, 6) is 0.291. The number of rotatable bonds is 7. The van der Waals surface area contributed by atoms with Gasteiger partial charge in [-0.2, -0.15) is 4.31 Å². The molecule has 1 aliphatic heterocycles. The minimum absolute atomic E-state index is 0.0622. The van der Waals surface area contributed by atoms with E-state index in [1.807, 2.05) is 13.8 Å². The van der Waals surface area contributed by atoms with E-state index in [9.17, 15) is 18.0 Å². The van der Waals surface area contributed by atoms with E-state index in [1.165, 1.54) is 27.2 Å². The van der Waals surface area contributed by atoms with Crippen molar-refractivity contribution in [3.8, 4) is 5.75 Å². The summed E-state index contributed by atoms with van der Waals surface area (Å²) < 4.78 is 34.6. The van der Waals surface area contributed by atoms with Crippen molar-refractivity contribution in [2.45, 2.75) is 50.6 Å². The lowest BCUT2D eigenvalue weighted by Crippen LogP contribution is -2.41. The standard InChI is InChI=1S/C24H28N4O5S/c1-3-33-20-9-7-19(8-10-20)26-23(29)16-27-22-12-11-21(14-18(22)15-25-24(27)30)34(31,32)28-13-5-4-6-17(28)2/h7-12,14-15,17H,3-6,13,16H2,1-2H3,(H,26,29)/t17-/m1/s1. The second-order valence-electron chi connectivity index (χ2n) is 8.31. The highest BCUT2D eigenvalue weighted by Gasteiger charge is 2.31. The van der Waals surface area contributed by atoms with Crippen LogP contribution in [0.4, 0.5) is 5.69 Å². The number of ether oxygens (including phenoxy) is 1. The summed E-state index contributed by atoms with van der Waals surface area (Å²) in [5.41, 5.74) is 0.417. The van der Waals surface area contributed by atoms with Crippen LogP contribution in [-0.2, 0) is 21.4 Å². The molecule has 1 amide bonds. The maximum Gasteiger partial charge on any atom is 0.348 e. The molecule has 0 spiro atoms. The number of anilines is 1. The zero-order valence-corrected chi connectivity index (χ0v) is 20.0. The molecule has 2 heterocycles. The number of nitrogens with one attached hydrogen (secondary N) is 1. The van der Waals surface area contributed by atoms with Crippen molar-refractivity contribution < 1.29 is 17.9 Å². The van der Waals surface area contributed by atoms with E-state index < -0.39 is 21.6 Å². The number of amides is 1. The van der Waals surface area contributed by atoms with E-state index in [0.717, 1.165) is 19.3 Å². The van der Waals surface area contributed by atoms with Gasteiger partial charge in [0, 0.05) is 29.9 Å². The largest absolute Gasteiger partial charge is 0.494 e. The Kier molecular flexibility index (Phi) is 6.99. The first kappa shape index (κ1) is 23.9. The van der Waals surface area contributed by atoms with Gasteiger partial charge in [0.25, 0.3) is 0 Å². The molecule has 1 aromatic heterocycles. The van der Waals surface area contributed by atoms with Crippen LogP contribution in [0.1, 0.15) is 33.1 Å². The van der Waals surface area contributed by atoms with Crippen LogP contribution in [-0.4, -0.2) is 47.4 Å². The van der Waals surface area contributed by atoms with Gasteiger partial charge in [-0.05, 0) is 69.2 Å². The Morgan fingerprint density at radius 3 is 2.65 bits per heavy atom. The molecule has 0 radical (unpaired) electrons. The minimum Gasteiger partial charge on any atom is -0.494 e. The zero-order chi connectivity index (χ0) is 24.3. The lowest BCUT2D eigenvalue weighted by molar-refractivity contribution is -0.116. The van der Waals surface area contributed by atoms with E-state index in [0.29, 0.717) is 35.5 Å². The van der Waals surface area contributed by atoms with Crippen molar-refractivity contribution in [3.05, 3.63) is 59.1 Å². The predicted molar refractivity (Wildman–Crippen MR) is 129 cm³/mol. The van der Waals surface area contributed by atoms with E-state index in [-0.39, 0.29) is 17.5 Å². The molecule has 4 rings (SSSR count). The highest BCUT2D eigenvalue weighted by Crippen LogP contribution is 2.27. The normalized spacial score (nSPS) is 16.9. The molecule has 0 aliphatic carbocycles. The van der Waals surface area contributed by atoms with Crippen LogP contribution < -0.4 is 15.7 Å². The highest BCUT2D eigenvalue weighted by molar-refractivity contribution is 7.89. The fourth-order valence-corrected chi connectivity index (χ4v) is 5.94. The summed E-state index contributed by atoms with van der Waals surface area (Å²) in [6.07, 6.45) is 4.02. The fourth-order valence-electron chi connectivity index (χ4n) is 4.20. The number of hydrogen-bond acceptors (Lipinski definition) is 6. The maximum atomic E-state index is 13.2. The second-order valence-corrected chi connectivity index (χ2v) is 10.2. The quantitative estimate of drug-likeness (QED) is 0.552. The monoisotopic (exact) mass is 484 g/mol. The van der Waals surface area contributed by atoms with Gasteiger partial charge in [0.1, 0.15) is 12.3 Å². The molecule has 0 unspecified atom stereocenters. The maximum absolute atomic E-state index is 13.2. The van der Waals surface area contributed by atoms with Crippen LogP contribution in [0.25, 0.3) is 10.9 Å². The van der Waals surface area contributed by atoms with Crippen LogP contribution in [0.15, 0.2) is 58.4 Å². The minimum atomic E-state index is -3.67. The molecule has 34 heavy (non-hydrogen) atoms. The lowest BCUT2D eigenvalue weighted by atomic mass is 10.1. The molecule has 1 atom stereocenters. The van der Waals surface area contributed by atoms with Crippen molar-refractivity contribution in [3.63, 3.8) is 0 Å². The van der Waals surface area contributed by atoms with E-state index >= 15 is 0 Å². The van der Waals surface area contributed by atoms with Gasteiger partial charge in [0.15, 0.2) is 0 Å². The van der Waals surface area contributed by atoms with Crippen LogP contribution in [0.5, 0.6) is 5.75 Å². The molecular weight excluding hydrogens is 456 g/mol. The number of carbonyl (C=O) groups excluding carboxylic acids is 1. The van der Waals surface area contributed by atoms with Gasteiger partial charge >= 0.3 is 5.69 Å². The Balaban J connectivity index is 1.58. The molecule has 1 N–H and O–H groups in total. The molecule has 9 nitrogen and oxygen atoms in total. The first-order chi connectivity index (χ1) is 16.3. The average molecular weight is 485 g/mol. The molecule has 3 aromatic rings. The second kappa shape index (κ2) is 9.94. The number of nitrogens with zero attached hydrogens (tertiary/aromatic N) is 3. The number of hydrogen-bond donors (Lipinski definition) is 1. The smallest absolute Gasteiger partial charge is 0.348 e. The molecule has 1 aliphatic rings. The van der Waals surface area contributed by atoms with E-state index in [1.54, 1.807) is 30.3 Å². The van der Waals surface area contributed by atoms with Crippen molar-refractivity contribution in [1.29, 1.82) is 0 Å². The van der Waals surface area contributed by atoms with Gasteiger partial charge in [0.2, 0.25) is 15.9 Å². The topological polar surface area (TPSA) is 111 Å². The van der Waals surface area contributed by atoms with Gasteiger partial charge < -0.3 is 10.1 Å². The Labute approximate surface area is 198 Å². The van der Waals surface area contributed by atoms with E-state index in [2.05, 4.69) is 10.3 Å². The van der Waals surface area contributed by atoms with Gasteiger partial charge in [-0.1, -0.05) is 6.42 Å². The lowest BCUT2D eigenvalue weighted by Gasteiger charge is -2.32. The Bertz CT molecular complexity index is 1350. The summed E-state index contributed by atoms with van der Waals surface area (Å²) in [6.45, 7) is 4.58. The van der Waals surface area contributed by atoms with Gasteiger partial charge in [-0.25, -0.2) is 18.2 Å². The third kappa shape index (κ3) is 4.97. The first-order valence-electron chi connectivity index (χ1n) is 11.3. The number of sulfonamides is 1. The molecular formula is C24H28N4O5S. The third-order valence-corrected chi connectivity index (χ3v) is 7.94. The fraction of sp³-hybridized carbons (Fsp3) is 0.375. The molecule has 0 bridgehead atoms. The van der Waals surface area contributed by atoms with Gasteiger partial charge in [0.05, 0.1) is 17.0 Å². The number of fused-ring (bicyclic) bond motifs is 1. The summed E-state index contributed by atoms with van der Waals surface area (Å²) in [5, 5.41) is 3.22. The highest BCUT2D eigenvalue weighted by atomic mass is 32.2. The van der Waals surface area contributed by atoms with Crippen LogP contribution >= 0.6 is 0 Å². The van der Waals surface area contributed by atoms with Crippen molar-refractivity contribution in [1.82, 2.24) is 13.9 Å².